The van der Waals surface area contributed by atoms with Crippen LogP contribution in [-0.2, 0) is 18.3 Å². The molecule has 6 heteroatoms. The molecule has 14 heavy (non-hydrogen) atoms. The third kappa shape index (κ3) is 3.61. The summed E-state index contributed by atoms with van der Waals surface area (Å²) in [6, 6.07) is 0.156. The SMILES string of the molecule is COCC(CCl)NCc1cn(C)nn1. The van der Waals surface area contributed by atoms with Gasteiger partial charge in [0.25, 0.3) is 0 Å². The molecular weight excluding hydrogens is 204 g/mol. The summed E-state index contributed by atoms with van der Waals surface area (Å²) < 4.78 is 6.67. The van der Waals surface area contributed by atoms with E-state index in [4.69, 9.17) is 16.3 Å². The highest BCUT2D eigenvalue weighted by molar-refractivity contribution is 6.18. The highest BCUT2D eigenvalue weighted by Crippen LogP contribution is 1.94. The van der Waals surface area contributed by atoms with Gasteiger partial charge in [-0.2, -0.15) is 0 Å². The van der Waals surface area contributed by atoms with Crippen LogP contribution >= 0.6 is 11.6 Å². The number of rotatable bonds is 6. The van der Waals surface area contributed by atoms with Crippen LogP contribution in [-0.4, -0.2) is 40.6 Å². The van der Waals surface area contributed by atoms with Gasteiger partial charge in [0.2, 0.25) is 0 Å². The number of nitrogens with zero attached hydrogens (tertiary/aromatic N) is 3. The van der Waals surface area contributed by atoms with Crippen LogP contribution in [0.3, 0.4) is 0 Å². The Bertz CT molecular complexity index is 266. The average molecular weight is 219 g/mol. The quantitative estimate of drug-likeness (QED) is 0.692. The molecule has 1 unspecified atom stereocenters. The van der Waals surface area contributed by atoms with Crippen molar-refractivity contribution in [2.75, 3.05) is 19.6 Å². The van der Waals surface area contributed by atoms with Crippen molar-refractivity contribution in [1.82, 2.24) is 20.3 Å². The Hall–Kier alpha value is -0.650. The Balaban J connectivity index is 2.31. The molecule has 0 saturated heterocycles. The first-order valence-corrected chi connectivity index (χ1v) is 4.93. The van der Waals surface area contributed by atoms with Gasteiger partial charge in [0.15, 0.2) is 0 Å². The lowest BCUT2D eigenvalue weighted by Gasteiger charge is -2.13. The van der Waals surface area contributed by atoms with Crippen LogP contribution < -0.4 is 5.32 Å². The second-order valence-corrected chi connectivity index (χ2v) is 3.38. The second kappa shape index (κ2) is 5.95. The monoisotopic (exact) mass is 218 g/mol. The van der Waals surface area contributed by atoms with Crippen molar-refractivity contribution in [3.63, 3.8) is 0 Å². The van der Waals surface area contributed by atoms with Gasteiger partial charge in [-0.15, -0.1) is 16.7 Å². The summed E-state index contributed by atoms with van der Waals surface area (Å²) in [5.41, 5.74) is 0.902. The number of aryl methyl sites for hydroxylation is 1. The van der Waals surface area contributed by atoms with E-state index in [0.717, 1.165) is 5.69 Å². The molecular formula is C8H15ClN4O. The Morgan fingerprint density at radius 3 is 3.00 bits per heavy atom. The molecule has 1 aromatic heterocycles. The molecule has 1 aromatic rings. The number of halogens is 1. The molecule has 0 radical (unpaired) electrons. The third-order valence-corrected chi connectivity index (χ3v) is 2.15. The van der Waals surface area contributed by atoms with Crippen molar-refractivity contribution >= 4 is 11.6 Å². The lowest BCUT2D eigenvalue weighted by atomic mass is 10.3. The maximum Gasteiger partial charge on any atom is 0.0964 e. The first kappa shape index (κ1) is 11.4. The number of hydrogen-bond donors (Lipinski definition) is 1. The molecule has 5 nitrogen and oxygen atoms in total. The minimum atomic E-state index is 0.156. The zero-order chi connectivity index (χ0) is 10.4. The highest BCUT2D eigenvalue weighted by Gasteiger charge is 2.06. The van der Waals surface area contributed by atoms with Crippen LogP contribution in [0.4, 0.5) is 0 Å². The van der Waals surface area contributed by atoms with Gasteiger partial charge in [0.05, 0.1) is 12.3 Å². The molecule has 80 valence electrons. The van der Waals surface area contributed by atoms with Crippen LogP contribution in [0.25, 0.3) is 0 Å². The Morgan fingerprint density at radius 1 is 1.71 bits per heavy atom. The lowest BCUT2D eigenvalue weighted by Crippen LogP contribution is -2.34. The summed E-state index contributed by atoms with van der Waals surface area (Å²) in [5.74, 6) is 0.522. The molecule has 0 amide bonds. The van der Waals surface area contributed by atoms with E-state index in [1.165, 1.54) is 0 Å². The van der Waals surface area contributed by atoms with Crippen LogP contribution in [0.1, 0.15) is 5.69 Å². The van der Waals surface area contributed by atoms with Crippen molar-refractivity contribution in [3.8, 4) is 0 Å². The first-order chi connectivity index (χ1) is 6.76. The number of methoxy groups -OCH3 is 1. The molecule has 1 rings (SSSR count). The van der Waals surface area contributed by atoms with Gasteiger partial charge in [0.1, 0.15) is 0 Å². The van der Waals surface area contributed by atoms with Crippen molar-refractivity contribution in [1.29, 1.82) is 0 Å². The standard InChI is InChI=1S/C8H15ClN4O/c1-13-5-8(11-12-13)4-10-7(3-9)6-14-2/h5,7,10H,3-4,6H2,1-2H3. The van der Waals surface area contributed by atoms with Gasteiger partial charge in [-0.1, -0.05) is 5.21 Å². The fourth-order valence-electron chi connectivity index (χ4n) is 1.08. The van der Waals surface area contributed by atoms with Crippen molar-refractivity contribution in [2.45, 2.75) is 12.6 Å². The van der Waals surface area contributed by atoms with Crippen LogP contribution in [0.5, 0.6) is 0 Å². The van der Waals surface area contributed by atoms with E-state index in [1.54, 1.807) is 11.8 Å². The molecule has 0 saturated carbocycles. The molecule has 0 aromatic carbocycles. The van der Waals surface area contributed by atoms with Gasteiger partial charge < -0.3 is 10.1 Å². The number of alkyl halides is 1. The fraction of sp³-hybridized carbons (Fsp3) is 0.750. The van der Waals surface area contributed by atoms with E-state index < -0.39 is 0 Å². The van der Waals surface area contributed by atoms with Crippen LogP contribution in [0.15, 0.2) is 6.20 Å². The largest absolute Gasteiger partial charge is 0.383 e. The molecule has 0 aliphatic carbocycles. The topological polar surface area (TPSA) is 52.0 Å². The van der Waals surface area contributed by atoms with Crippen molar-refractivity contribution in [3.05, 3.63) is 11.9 Å². The molecule has 0 aliphatic heterocycles. The number of hydrogen-bond acceptors (Lipinski definition) is 4. The van der Waals surface area contributed by atoms with Gasteiger partial charge in [-0.05, 0) is 0 Å². The summed E-state index contributed by atoms with van der Waals surface area (Å²) in [5, 5.41) is 11.0. The van der Waals surface area contributed by atoms with Gasteiger partial charge in [-0.3, -0.25) is 4.68 Å². The van der Waals surface area contributed by atoms with E-state index in [9.17, 15) is 0 Å². The van der Waals surface area contributed by atoms with E-state index in [1.807, 2.05) is 13.2 Å². The smallest absolute Gasteiger partial charge is 0.0964 e. The molecule has 1 atom stereocenters. The Kier molecular flexibility index (Phi) is 4.86. The number of nitrogens with one attached hydrogen (secondary N) is 1. The maximum absolute atomic E-state index is 5.73. The van der Waals surface area contributed by atoms with E-state index in [2.05, 4.69) is 15.6 Å². The first-order valence-electron chi connectivity index (χ1n) is 4.39. The Morgan fingerprint density at radius 2 is 2.50 bits per heavy atom. The van der Waals surface area contributed by atoms with E-state index >= 15 is 0 Å². The van der Waals surface area contributed by atoms with Gasteiger partial charge >= 0.3 is 0 Å². The summed E-state index contributed by atoms with van der Waals surface area (Å²) >= 11 is 5.73. The average Bonchev–Trinajstić information content (AvgIpc) is 2.59. The minimum absolute atomic E-state index is 0.156. The van der Waals surface area contributed by atoms with Gasteiger partial charge in [-0.25, -0.2) is 0 Å². The summed E-state index contributed by atoms with van der Waals surface area (Å²) in [7, 11) is 3.49. The molecule has 0 aliphatic rings. The normalized spacial score (nSPS) is 13.1. The molecule has 1 heterocycles. The summed E-state index contributed by atoms with van der Waals surface area (Å²) in [4.78, 5) is 0. The van der Waals surface area contributed by atoms with E-state index in [-0.39, 0.29) is 6.04 Å². The third-order valence-electron chi connectivity index (χ3n) is 1.78. The van der Waals surface area contributed by atoms with Crippen molar-refractivity contribution < 1.29 is 4.74 Å². The van der Waals surface area contributed by atoms with Crippen molar-refractivity contribution in [2.24, 2.45) is 7.05 Å². The van der Waals surface area contributed by atoms with Crippen LogP contribution in [0.2, 0.25) is 0 Å². The van der Waals surface area contributed by atoms with E-state index in [0.29, 0.717) is 19.0 Å². The molecule has 0 bridgehead atoms. The molecule has 0 fully saturated rings. The summed E-state index contributed by atoms with van der Waals surface area (Å²) in [6.45, 7) is 1.26. The zero-order valence-electron chi connectivity index (χ0n) is 8.40. The fourth-order valence-corrected chi connectivity index (χ4v) is 1.28. The van der Waals surface area contributed by atoms with Crippen LogP contribution in [0, 0.1) is 0 Å². The molecule has 0 spiro atoms. The highest BCUT2D eigenvalue weighted by atomic mass is 35.5. The second-order valence-electron chi connectivity index (χ2n) is 3.07. The molecule has 1 N–H and O–H groups in total. The minimum Gasteiger partial charge on any atom is -0.383 e. The number of ether oxygens (including phenoxy) is 1. The lowest BCUT2D eigenvalue weighted by molar-refractivity contribution is 0.172. The predicted octanol–water partition coefficient (Wildman–Crippen LogP) is 0.158. The summed E-state index contributed by atoms with van der Waals surface area (Å²) in [6.07, 6.45) is 1.87. The van der Waals surface area contributed by atoms with Gasteiger partial charge in [0, 0.05) is 38.8 Å². The number of aromatic nitrogens is 3. The zero-order valence-corrected chi connectivity index (χ0v) is 9.16. The maximum atomic E-state index is 5.73. The predicted molar refractivity (Wildman–Crippen MR) is 54.2 cm³/mol. The Labute approximate surface area is 88.4 Å².